The number of aliphatic hydroxyl groups is 1. The Morgan fingerprint density at radius 1 is 1.32 bits per heavy atom. The van der Waals surface area contributed by atoms with Gasteiger partial charge in [0.1, 0.15) is 34.5 Å². The van der Waals surface area contributed by atoms with E-state index in [1.807, 2.05) is 6.92 Å². The van der Waals surface area contributed by atoms with Gasteiger partial charge in [0.25, 0.3) is 0 Å². The number of halogens is 1. The molecule has 1 aliphatic heterocycles. The number of fused-ring (bicyclic) bond motifs is 2. The summed E-state index contributed by atoms with van der Waals surface area (Å²) in [5, 5.41) is 31.8. The van der Waals surface area contributed by atoms with E-state index in [0.717, 1.165) is 49.1 Å². The number of ether oxygens (including phenoxy) is 1. The number of hydrogen-bond acceptors (Lipinski definition) is 10. The van der Waals surface area contributed by atoms with Gasteiger partial charge in [-0.3, -0.25) is 14.9 Å². The van der Waals surface area contributed by atoms with Gasteiger partial charge in [-0.2, -0.15) is 10.2 Å². The number of likely N-dealkylation sites (N-methyl/N-ethyl adjacent to an activating group) is 1. The summed E-state index contributed by atoms with van der Waals surface area (Å²) in [4.78, 5) is 16.8. The first-order valence-electron chi connectivity index (χ1n) is 14.0. The van der Waals surface area contributed by atoms with Crippen LogP contribution in [0.15, 0.2) is 29.8 Å². The molecule has 6 rings (SSSR count). The first-order valence-corrected chi connectivity index (χ1v) is 15.2. The van der Waals surface area contributed by atoms with Gasteiger partial charge in [0, 0.05) is 35.0 Å². The van der Waals surface area contributed by atoms with Crippen LogP contribution in [-0.4, -0.2) is 61.0 Å². The van der Waals surface area contributed by atoms with E-state index in [-0.39, 0.29) is 34.7 Å². The Labute approximate surface area is 248 Å². The van der Waals surface area contributed by atoms with Crippen LogP contribution in [0.2, 0.25) is 5.28 Å². The third kappa shape index (κ3) is 4.68. The Balaban J connectivity index is 1.42. The molecule has 214 valence electrons. The van der Waals surface area contributed by atoms with E-state index in [9.17, 15) is 15.8 Å². The summed E-state index contributed by atoms with van der Waals surface area (Å²) >= 11 is 7.78. The highest BCUT2D eigenvalue weighted by atomic mass is 35.5. The molecule has 1 spiro atoms. The van der Waals surface area contributed by atoms with Crippen LogP contribution >= 0.6 is 22.9 Å². The van der Waals surface area contributed by atoms with Gasteiger partial charge >= 0.3 is 0 Å². The molecule has 10 nitrogen and oxygen atoms in total. The van der Waals surface area contributed by atoms with Crippen molar-refractivity contribution in [2.24, 2.45) is 0 Å². The number of nitrogens with one attached hydrogen (secondary N) is 1. The molecular weight excluding hydrogens is 560 g/mol. The van der Waals surface area contributed by atoms with Crippen molar-refractivity contribution < 1.29 is 9.84 Å². The smallest absolute Gasteiger partial charge is 0.219 e. The molecule has 1 fully saturated rings. The number of nitriles is 1. The Morgan fingerprint density at radius 2 is 2.10 bits per heavy atom. The molecule has 0 radical (unpaired) electrons. The molecule has 2 aliphatic carbocycles. The molecule has 3 aliphatic rings. The number of anilines is 1. The fourth-order valence-corrected chi connectivity index (χ4v) is 8.25. The summed E-state index contributed by atoms with van der Waals surface area (Å²) in [5.74, 6) is 1.01. The molecular formula is C29H33ClN8O2S. The molecule has 12 heteroatoms. The number of nitrogens with two attached hydrogens (primary N) is 1. The van der Waals surface area contributed by atoms with E-state index in [1.54, 1.807) is 23.0 Å². The van der Waals surface area contributed by atoms with Gasteiger partial charge < -0.3 is 15.6 Å². The van der Waals surface area contributed by atoms with E-state index < -0.39 is 5.41 Å². The van der Waals surface area contributed by atoms with Crippen molar-refractivity contribution in [3.05, 3.63) is 56.9 Å². The van der Waals surface area contributed by atoms with Gasteiger partial charge in [0.2, 0.25) is 11.2 Å². The Morgan fingerprint density at radius 3 is 2.78 bits per heavy atom. The van der Waals surface area contributed by atoms with Crippen molar-refractivity contribution >= 4 is 33.7 Å². The standard InChI is InChI=1S/C29H33ClN8O2S/c1-16(19-7-5-12-37(19)2)40-22-14-21(38-13-11-34-28(38)30)35-27(36-22)24(32)17-6-3-9-29(25(17)39)10-4-8-20-23(29)18(15-31)26(33)41-20/h11,13-14,16,19,32,39H,3-10,12,33H2,1-2H3/t16-,19-,29-/m0/s1. The van der Waals surface area contributed by atoms with Crippen LogP contribution in [0.25, 0.3) is 5.82 Å². The maximum atomic E-state index is 11.9. The average molecular weight is 593 g/mol. The van der Waals surface area contributed by atoms with Crippen LogP contribution in [0.3, 0.4) is 0 Å². The lowest BCUT2D eigenvalue weighted by Gasteiger charge is -2.41. The number of rotatable bonds is 6. The predicted octanol–water partition coefficient (Wildman–Crippen LogP) is 5.33. The third-order valence-corrected chi connectivity index (χ3v) is 10.2. The van der Waals surface area contributed by atoms with Gasteiger partial charge in [-0.15, -0.1) is 11.3 Å². The Bertz CT molecular complexity index is 1590. The zero-order valence-electron chi connectivity index (χ0n) is 23.2. The number of nitrogens with zero attached hydrogens (tertiary/aromatic N) is 6. The second-order valence-electron chi connectivity index (χ2n) is 11.2. The highest BCUT2D eigenvalue weighted by molar-refractivity contribution is 7.16. The molecule has 3 atom stereocenters. The number of thiophene rings is 1. The number of likely N-dealkylation sites (tertiary alicyclic amines) is 1. The van der Waals surface area contributed by atoms with Gasteiger partial charge in [-0.1, -0.05) is 0 Å². The molecule has 3 aromatic rings. The minimum absolute atomic E-state index is 0.0315. The van der Waals surface area contributed by atoms with Gasteiger partial charge in [-0.05, 0) is 89.0 Å². The second-order valence-corrected chi connectivity index (χ2v) is 12.7. The molecule has 4 N–H and O–H groups in total. The number of hydrogen-bond donors (Lipinski definition) is 3. The Hall–Kier alpha value is -3.46. The summed E-state index contributed by atoms with van der Waals surface area (Å²) in [6.45, 7) is 3.05. The van der Waals surface area contributed by atoms with Gasteiger partial charge in [-0.25, -0.2) is 9.97 Å². The minimum Gasteiger partial charge on any atom is -0.511 e. The summed E-state index contributed by atoms with van der Waals surface area (Å²) < 4.78 is 7.96. The molecule has 3 aromatic heterocycles. The highest BCUT2D eigenvalue weighted by Gasteiger charge is 2.47. The van der Waals surface area contributed by atoms with Crippen LogP contribution in [0.1, 0.15) is 73.7 Å². The van der Waals surface area contributed by atoms with Crippen molar-refractivity contribution in [1.29, 1.82) is 10.7 Å². The number of allylic oxidation sites excluding steroid dienone is 2. The van der Waals surface area contributed by atoms with Crippen molar-refractivity contribution in [3.63, 3.8) is 0 Å². The lowest BCUT2D eigenvalue weighted by atomic mass is 9.63. The zero-order chi connectivity index (χ0) is 28.9. The topological polar surface area (TPSA) is 150 Å². The maximum Gasteiger partial charge on any atom is 0.219 e. The monoisotopic (exact) mass is 592 g/mol. The number of aryl methyl sites for hydroxylation is 1. The van der Waals surface area contributed by atoms with E-state index >= 15 is 0 Å². The molecule has 0 saturated carbocycles. The number of aliphatic hydroxyl groups excluding tert-OH is 1. The summed E-state index contributed by atoms with van der Waals surface area (Å²) in [6.07, 6.45) is 9.63. The average Bonchev–Trinajstić information content (AvgIpc) is 3.67. The molecule has 4 heterocycles. The first-order chi connectivity index (χ1) is 19.7. The normalized spacial score (nSPS) is 23.4. The number of nitrogen functional groups attached to an aromatic ring is 1. The fourth-order valence-electron chi connectivity index (χ4n) is 6.89. The van der Waals surface area contributed by atoms with Gasteiger partial charge in [0.15, 0.2) is 5.82 Å². The van der Waals surface area contributed by atoms with Crippen LogP contribution in [-0.2, 0) is 11.8 Å². The summed E-state index contributed by atoms with van der Waals surface area (Å²) in [7, 11) is 2.10. The van der Waals surface area contributed by atoms with E-state index in [2.05, 4.69) is 33.0 Å². The Kier molecular flexibility index (Phi) is 7.26. The van der Waals surface area contributed by atoms with Crippen LogP contribution in [0.4, 0.5) is 5.00 Å². The molecule has 0 aromatic carbocycles. The van der Waals surface area contributed by atoms with E-state index in [0.29, 0.717) is 47.1 Å². The van der Waals surface area contributed by atoms with Crippen LogP contribution < -0.4 is 10.5 Å². The second kappa shape index (κ2) is 10.7. The lowest BCUT2D eigenvalue weighted by Crippen LogP contribution is -2.38. The van der Waals surface area contributed by atoms with Gasteiger partial charge in [0.05, 0.1) is 11.0 Å². The minimum atomic E-state index is -0.737. The van der Waals surface area contributed by atoms with Crippen molar-refractivity contribution in [1.82, 2.24) is 24.4 Å². The highest BCUT2D eigenvalue weighted by Crippen LogP contribution is 2.54. The lowest BCUT2D eigenvalue weighted by molar-refractivity contribution is 0.116. The van der Waals surface area contributed by atoms with Crippen molar-refractivity contribution in [3.8, 4) is 17.8 Å². The molecule has 41 heavy (non-hydrogen) atoms. The fraction of sp³-hybridized carbons (Fsp3) is 0.483. The molecule has 0 unspecified atom stereocenters. The summed E-state index contributed by atoms with van der Waals surface area (Å²) in [5.41, 5.74) is 7.32. The predicted molar refractivity (Wildman–Crippen MR) is 158 cm³/mol. The largest absolute Gasteiger partial charge is 0.511 e. The maximum absolute atomic E-state index is 11.9. The SMILES string of the molecule is C[C@H](Oc1cc(-n2ccnc2Cl)nc(C(=N)C2=C(O)[C@@]3(CCC2)CCCc2sc(N)c(C#N)c23)n1)[C@@H]1CCCN1C. The van der Waals surface area contributed by atoms with E-state index in [4.69, 9.17) is 22.1 Å². The molecule has 0 bridgehead atoms. The first kappa shape index (κ1) is 27.7. The van der Waals surface area contributed by atoms with Crippen LogP contribution in [0.5, 0.6) is 5.88 Å². The van der Waals surface area contributed by atoms with Crippen molar-refractivity contribution in [2.75, 3.05) is 19.3 Å². The number of aromatic nitrogens is 4. The molecule has 0 amide bonds. The van der Waals surface area contributed by atoms with Crippen LogP contribution in [0, 0.1) is 16.7 Å². The number of imidazole rings is 1. The third-order valence-electron chi connectivity index (χ3n) is 8.86. The van der Waals surface area contributed by atoms with E-state index in [1.165, 1.54) is 11.3 Å². The quantitative estimate of drug-likeness (QED) is 0.325. The van der Waals surface area contributed by atoms with Crippen molar-refractivity contribution in [2.45, 2.75) is 75.9 Å². The summed E-state index contributed by atoms with van der Waals surface area (Å²) in [6, 6.07) is 4.24. The molecule has 1 saturated heterocycles. The zero-order valence-corrected chi connectivity index (χ0v) is 24.7.